The fraction of sp³-hybridized carbons (Fsp3) is 0.400. The average Bonchev–Trinajstić information content (AvgIpc) is 2.17. The lowest BCUT2D eigenvalue weighted by atomic mass is 10.1. The molecular formula is C10H13BrClNO2S. The van der Waals surface area contributed by atoms with E-state index in [1.165, 1.54) is 6.26 Å². The van der Waals surface area contributed by atoms with Crippen molar-refractivity contribution in [2.45, 2.75) is 12.5 Å². The van der Waals surface area contributed by atoms with Crippen molar-refractivity contribution < 1.29 is 8.42 Å². The molecule has 0 bridgehead atoms. The van der Waals surface area contributed by atoms with Crippen LogP contribution in [0.3, 0.4) is 0 Å². The molecule has 90 valence electrons. The SMILES string of the molecule is CS(=O)(=O)CCC(N)c1ccc(Br)c(Cl)c1. The summed E-state index contributed by atoms with van der Waals surface area (Å²) in [5, 5.41) is 0.576. The lowest BCUT2D eigenvalue weighted by molar-refractivity contribution is 0.592. The molecule has 0 fully saturated rings. The van der Waals surface area contributed by atoms with Crippen molar-refractivity contribution in [2.24, 2.45) is 5.73 Å². The number of halogens is 2. The molecule has 2 N–H and O–H groups in total. The number of rotatable bonds is 4. The van der Waals surface area contributed by atoms with E-state index in [0.717, 1.165) is 10.0 Å². The molecule has 0 aliphatic heterocycles. The summed E-state index contributed by atoms with van der Waals surface area (Å²) in [5.41, 5.74) is 6.73. The zero-order valence-corrected chi connectivity index (χ0v) is 11.9. The van der Waals surface area contributed by atoms with Gasteiger partial charge in [-0.05, 0) is 40.0 Å². The third-order valence-electron chi connectivity index (χ3n) is 2.17. The van der Waals surface area contributed by atoms with Gasteiger partial charge in [-0.15, -0.1) is 0 Å². The minimum absolute atomic E-state index is 0.0852. The molecule has 0 amide bonds. The van der Waals surface area contributed by atoms with Gasteiger partial charge in [-0.25, -0.2) is 8.42 Å². The molecule has 0 aliphatic carbocycles. The van der Waals surface area contributed by atoms with Crippen LogP contribution < -0.4 is 5.73 Å². The summed E-state index contributed by atoms with van der Waals surface area (Å²) in [4.78, 5) is 0. The first-order valence-electron chi connectivity index (χ1n) is 4.68. The maximum Gasteiger partial charge on any atom is 0.147 e. The lowest BCUT2D eigenvalue weighted by Gasteiger charge is -2.12. The Morgan fingerprint density at radius 1 is 1.50 bits per heavy atom. The third kappa shape index (κ3) is 4.41. The summed E-state index contributed by atoms with van der Waals surface area (Å²) < 4.78 is 22.8. The maximum atomic E-state index is 11.0. The highest BCUT2D eigenvalue weighted by Crippen LogP contribution is 2.26. The Hall–Kier alpha value is -0.100. The van der Waals surface area contributed by atoms with E-state index in [0.29, 0.717) is 11.4 Å². The lowest BCUT2D eigenvalue weighted by Crippen LogP contribution is -2.15. The summed E-state index contributed by atoms with van der Waals surface area (Å²) in [6.45, 7) is 0. The van der Waals surface area contributed by atoms with Crippen molar-refractivity contribution >= 4 is 37.4 Å². The Labute approximate surface area is 109 Å². The van der Waals surface area contributed by atoms with Crippen LogP contribution in [0.4, 0.5) is 0 Å². The van der Waals surface area contributed by atoms with E-state index in [-0.39, 0.29) is 11.8 Å². The van der Waals surface area contributed by atoms with E-state index in [2.05, 4.69) is 15.9 Å². The molecule has 1 unspecified atom stereocenters. The molecule has 1 aromatic carbocycles. The number of sulfone groups is 1. The Morgan fingerprint density at radius 2 is 2.12 bits per heavy atom. The van der Waals surface area contributed by atoms with Crippen molar-refractivity contribution in [2.75, 3.05) is 12.0 Å². The van der Waals surface area contributed by atoms with E-state index in [1.54, 1.807) is 12.1 Å². The van der Waals surface area contributed by atoms with Gasteiger partial charge < -0.3 is 5.73 Å². The van der Waals surface area contributed by atoms with Gasteiger partial charge in [-0.2, -0.15) is 0 Å². The van der Waals surface area contributed by atoms with Crippen molar-refractivity contribution in [1.82, 2.24) is 0 Å². The molecule has 1 rings (SSSR count). The largest absolute Gasteiger partial charge is 0.324 e. The van der Waals surface area contributed by atoms with E-state index in [4.69, 9.17) is 17.3 Å². The van der Waals surface area contributed by atoms with Gasteiger partial charge in [0.05, 0.1) is 10.8 Å². The van der Waals surface area contributed by atoms with Gasteiger partial charge in [0, 0.05) is 16.8 Å². The van der Waals surface area contributed by atoms with Gasteiger partial charge in [0.2, 0.25) is 0 Å². The fourth-order valence-corrected chi connectivity index (χ4v) is 2.37. The second-order valence-electron chi connectivity index (χ2n) is 3.70. The molecule has 0 saturated carbocycles. The average molecular weight is 327 g/mol. The van der Waals surface area contributed by atoms with Crippen LogP contribution in [0.1, 0.15) is 18.0 Å². The first-order chi connectivity index (χ1) is 7.29. The van der Waals surface area contributed by atoms with Crippen LogP contribution in [-0.4, -0.2) is 20.4 Å². The molecule has 0 saturated heterocycles. The Bertz CT molecular complexity index is 476. The molecule has 16 heavy (non-hydrogen) atoms. The van der Waals surface area contributed by atoms with Crippen molar-refractivity contribution in [1.29, 1.82) is 0 Å². The number of hydrogen-bond acceptors (Lipinski definition) is 3. The van der Waals surface area contributed by atoms with Crippen LogP contribution in [0, 0.1) is 0 Å². The molecule has 1 aromatic rings. The summed E-state index contributed by atoms with van der Waals surface area (Å²) >= 11 is 9.21. The summed E-state index contributed by atoms with van der Waals surface area (Å²) in [5.74, 6) is 0.0852. The minimum Gasteiger partial charge on any atom is -0.324 e. The topological polar surface area (TPSA) is 60.2 Å². The highest BCUT2D eigenvalue weighted by Gasteiger charge is 2.11. The van der Waals surface area contributed by atoms with Gasteiger partial charge in [0.15, 0.2) is 0 Å². The van der Waals surface area contributed by atoms with Crippen LogP contribution >= 0.6 is 27.5 Å². The van der Waals surface area contributed by atoms with Crippen molar-refractivity contribution in [3.8, 4) is 0 Å². The van der Waals surface area contributed by atoms with Crippen LogP contribution in [0.15, 0.2) is 22.7 Å². The minimum atomic E-state index is -2.97. The second-order valence-corrected chi connectivity index (χ2v) is 7.22. The molecule has 6 heteroatoms. The molecule has 0 radical (unpaired) electrons. The van der Waals surface area contributed by atoms with E-state index in [9.17, 15) is 8.42 Å². The van der Waals surface area contributed by atoms with Gasteiger partial charge in [0.1, 0.15) is 9.84 Å². The zero-order chi connectivity index (χ0) is 12.3. The highest BCUT2D eigenvalue weighted by molar-refractivity contribution is 9.10. The van der Waals surface area contributed by atoms with E-state index in [1.807, 2.05) is 6.07 Å². The molecular weight excluding hydrogens is 314 g/mol. The van der Waals surface area contributed by atoms with Crippen LogP contribution in [0.2, 0.25) is 5.02 Å². The fourth-order valence-electron chi connectivity index (χ4n) is 1.25. The van der Waals surface area contributed by atoms with Crippen molar-refractivity contribution in [3.05, 3.63) is 33.3 Å². The number of benzene rings is 1. The Morgan fingerprint density at radius 3 is 2.62 bits per heavy atom. The quantitative estimate of drug-likeness (QED) is 0.925. The standard InChI is InChI=1S/C10H13BrClNO2S/c1-16(14,15)5-4-10(13)7-2-3-8(11)9(12)6-7/h2-3,6,10H,4-5,13H2,1H3. The summed E-state index contributed by atoms with van der Waals surface area (Å²) in [6.07, 6.45) is 1.60. The molecule has 0 aliphatic rings. The van der Waals surface area contributed by atoms with E-state index >= 15 is 0 Å². The van der Waals surface area contributed by atoms with Crippen LogP contribution in [0.25, 0.3) is 0 Å². The first kappa shape index (κ1) is 14.0. The monoisotopic (exact) mass is 325 g/mol. The summed E-state index contributed by atoms with van der Waals surface area (Å²) in [7, 11) is -2.97. The van der Waals surface area contributed by atoms with Gasteiger partial charge in [-0.3, -0.25) is 0 Å². The molecule has 0 spiro atoms. The van der Waals surface area contributed by atoms with Crippen LogP contribution in [0.5, 0.6) is 0 Å². The number of hydrogen-bond donors (Lipinski definition) is 1. The molecule has 3 nitrogen and oxygen atoms in total. The second kappa shape index (κ2) is 5.49. The molecule has 0 aromatic heterocycles. The smallest absolute Gasteiger partial charge is 0.147 e. The third-order valence-corrected chi connectivity index (χ3v) is 4.38. The summed E-state index contributed by atoms with van der Waals surface area (Å²) in [6, 6.07) is 5.08. The Kier molecular flexibility index (Phi) is 4.79. The van der Waals surface area contributed by atoms with E-state index < -0.39 is 9.84 Å². The van der Waals surface area contributed by atoms with Crippen LogP contribution in [-0.2, 0) is 9.84 Å². The molecule has 0 heterocycles. The predicted molar refractivity (Wildman–Crippen MR) is 70.4 cm³/mol. The van der Waals surface area contributed by atoms with Gasteiger partial charge in [-0.1, -0.05) is 17.7 Å². The van der Waals surface area contributed by atoms with Crippen molar-refractivity contribution in [3.63, 3.8) is 0 Å². The maximum absolute atomic E-state index is 11.0. The number of nitrogens with two attached hydrogens (primary N) is 1. The molecule has 1 atom stereocenters. The zero-order valence-electron chi connectivity index (χ0n) is 8.78. The first-order valence-corrected chi connectivity index (χ1v) is 7.91. The Balaban J connectivity index is 2.73. The van der Waals surface area contributed by atoms with Gasteiger partial charge in [0.25, 0.3) is 0 Å². The van der Waals surface area contributed by atoms with Gasteiger partial charge >= 0.3 is 0 Å². The highest BCUT2D eigenvalue weighted by atomic mass is 79.9. The normalized spacial score (nSPS) is 13.8. The predicted octanol–water partition coefficient (Wildman–Crippen LogP) is 2.54.